The van der Waals surface area contributed by atoms with Crippen LogP contribution in [0.2, 0.25) is 0 Å². The van der Waals surface area contributed by atoms with Gasteiger partial charge < -0.3 is 19.9 Å². The molecule has 9 heteroatoms. The minimum atomic E-state index is 0.259. The van der Waals surface area contributed by atoms with Crippen molar-refractivity contribution in [2.75, 3.05) is 25.1 Å². The molecule has 186 valence electrons. The minimum absolute atomic E-state index is 0.259. The van der Waals surface area contributed by atoms with Crippen LogP contribution in [0.25, 0.3) is 0 Å². The number of hydrogen-bond donors (Lipinski definition) is 3. The molecule has 0 fully saturated rings. The van der Waals surface area contributed by atoms with Gasteiger partial charge in [0.05, 0.1) is 5.71 Å². The maximum atomic E-state index is 5.87. The molecule has 0 amide bonds. The topological polar surface area (TPSA) is 109 Å². The molecule has 1 aromatic carbocycles. The lowest BCUT2D eigenvalue weighted by atomic mass is 10.1. The molecule has 0 saturated carbocycles. The van der Waals surface area contributed by atoms with E-state index in [1.165, 1.54) is 5.56 Å². The van der Waals surface area contributed by atoms with Crippen LogP contribution in [0, 0.1) is 13.8 Å². The zero-order chi connectivity index (χ0) is 25.0. The van der Waals surface area contributed by atoms with Crippen LogP contribution in [0.5, 0.6) is 5.88 Å². The van der Waals surface area contributed by atoms with E-state index in [4.69, 9.17) is 9.26 Å². The minimum Gasteiger partial charge on any atom is -0.470 e. The molecule has 0 saturated heterocycles. The summed E-state index contributed by atoms with van der Waals surface area (Å²) in [5.41, 5.74) is 7.50. The van der Waals surface area contributed by atoms with Gasteiger partial charge in [-0.05, 0) is 53.1 Å². The summed E-state index contributed by atoms with van der Waals surface area (Å²) in [6.07, 6.45) is 3.03. The van der Waals surface area contributed by atoms with Crippen molar-refractivity contribution in [1.29, 1.82) is 0 Å². The van der Waals surface area contributed by atoms with Gasteiger partial charge >= 0.3 is 0 Å². The molecule has 9 nitrogen and oxygen atoms in total. The smallest absolute Gasteiger partial charge is 0.234 e. The van der Waals surface area contributed by atoms with Crippen molar-refractivity contribution < 1.29 is 9.26 Å². The van der Waals surface area contributed by atoms with E-state index < -0.39 is 0 Å². The van der Waals surface area contributed by atoms with Gasteiger partial charge in [0.15, 0.2) is 5.82 Å². The Morgan fingerprint density at radius 3 is 2.66 bits per heavy atom. The highest BCUT2D eigenvalue weighted by atomic mass is 16.5. The van der Waals surface area contributed by atoms with Crippen LogP contribution in [0.1, 0.15) is 43.4 Å². The summed E-state index contributed by atoms with van der Waals surface area (Å²) >= 11 is 0. The number of aryl methyl sites for hydroxylation is 2. The summed E-state index contributed by atoms with van der Waals surface area (Å²) in [5, 5.41) is 23.6. The van der Waals surface area contributed by atoms with Gasteiger partial charge in [0.1, 0.15) is 18.1 Å². The number of allylic oxidation sites excluding steroid dienone is 1. The van der Waals surface area contributed by atoms with Crippen molar-refractivity contribution in [3.63, 3.8) is 0 Å². The Kier molecular flexibility index (Phi) is 9.80. The number of ether oxygens (including phenoxy) is 1. The number of nitrogens with zero attached hydrogens (tertiary/aromatic N) is 4. The number of anilines is 1. The molecule has 0 radical (unpaired) electrons. The van der Waals surface area contributed by atoms with Crippen LogP contribution in [0.4, 0.5) is 5.82 Å². The predicted molar refractivity (Wildman–Crippen MR) is 139 cm³/mol. The monoisotopic (exact) mass is 477 g/mol. The van der Waals surface area contributed by atoms with Gasteiger partial charge in [0, 0.05) is 36.0 Å². The van der Waals surface area contributed by atoms with Gasteiger partial charge in [-0.2, -0.15) is 5.10 Å². The van der Waals surface area contributed by atoms with Gasteiger partial charge in [0.25, 0.3) is 0 Å². The lowest BCUT2D eigenvalue weighted by molar-refractivity contribution is 0.320. The molecule has 0 bridgehead atoms. The summed E-state index contributed by atoms with van der Waals surface area (Å²) in [4.78, 5) is 0. The lowest BCUT2D eigenvalue weighted by Gasteiger charge is -2.19. The third-order valence-corrected chi connectivity index (χ3v) is 5.33. The number of hydrogen-bond acceptors (Lipinski definition) is 9. The van der Waals surface area contributed by atoms with Crippen molar-refractivity contribution in [2.45, 2.75) is 47.1 Å². The molecule has 1 unspecified atom stereocenters. The van der Waals surface area contributed by atoms with Gasteiger partial charge in [-0.15, -0.1) is 10.2 Å². The first-order chi connectivity index (χ1) is 16.9. The summed E-state index contributed by atoms with van der Waals surface area (Å²) in [6, 6.07) is 14.4. The third kappa shape index (κ3) is 8.53. The molecule has 3 rings (SSSR count). The summed E-state index contributed by atoms with van der Waals surface area (Å²) in [6.45, 7) is 11.9. The Morgan fingerprint density at radius 2 is 1.97 bits per heavy atom. The predicted octanol–water partition coefficient (Wildman–Crippen LogP) is 4.01. The second-order valence-corrected chi connectivity index (χ2v) is 8.43. The van der Waals surface area contributed by atoms with E-state index in [9.17, 15) is 0 Å². The maximum absolute atomic E-state index is 5.87. The summed E-state index contributed by atoms with van der Waals surface area (Å²) in [7, 11) is 0. The first-order valence-corrected chi connectivity index (χ1v) is 11.8. The summed E-state index contributed by atoms with van der Waals surface area (Å²) < 4.78 is 10.9. The first kappa shape index (κ1) is 25.9. The fourth-order valence-electron chi connectivity index (χ4n) is 3.30. The highest BCUT2D eigenvalue weighted by Crippen LogP contribution is 2.16. The largest absolute Gasteiger partial charge is 0.470 e. The molecule has 0 aliphatic heterocycles. The summed E-state index contributed by atoms with van der Waals surface area (Å²) in [5.74, 6) is 1.74. The second-order valence-electron chi connectivity index (χ2n) is 8.43. The van der Waals surface area contributed by atoms with E-state index in [1.54, 1.807) is 0 Å². The van der Waals surface area contributed by atoms with Crippen molar-refractivity contribution in [1.82, 2.24) is 26.0 Å². The Balaban J connectivity index is 1.42. The highest BCUT2D eigenvalue weighted by Gasteiger charge is 2.09. The van der Waals surface area contributed by atoms with Crippen LogP contribution in [0.3, 0.4) is 0 Å². The number of aromatic nitrogens is 3. The standard InChI is InChI=1S/C26H35N7O2/c1-6-23(28-19(3)16-27-13-12-22-10-8-7-9-11-22)17-34-25-14-18(2)26(32-30-25)31-29-21(5)24-15-20(4)35-33-24/h6-11,14-15,19,27-28H,12-13,16-17H2,1-5H3,(H,31,32)/b23-6-,29-21+. The fourth-order valence-corrected chi connectivity index (χ4v) is 3.30. The maximum Gasteiger partial charge on any atom is 0.234 e. The SMILES string of the molecule is C/C=C(/COc1cc(C)c(N/N=C(\C)c2cc(C)on2)nn1)NC(C)CNCCc1ccccc1. The lowest BCUT2D eigenvalue weighted by Crippen LogP contribution is -2.37. The third-order valence-electron chi connectivity index (χ3n) is 5.33. The molecule has 0 aliphatic rings. The van der Waals surface area contributed by atoms with Gasteiger partial charge in [0.2, 0.25) is 5.88 Å². The molecule has 3 aromatic rings. The molecular formula is C26H35N7O2. The van der Waals surface area contributed by atoms with Crippen LogP contribution in [-0.2, 0) is 6.42 Å². The highest BCUT2D eigenvalue weighted by molar-refractivity contribution is 5.97. The van der Waals surface area contributed by atoms with E-state index in [0.29, 0.717) is 29.7 Å². The first-order valence-electron chi connectivity index (χ1n) is 11.8. The number of rotatable bonds is 13. The van der Waals surface area contributed by atoms with Gasteiger partial charge in [-0.1, -0.05) is 41.6 Å². The van der Waals surface area contributed by atoms with E-state index in [-0.39, 0.29) is 6.04 Å². The van der Waals surface area contributed by atoms with Crippen LogP contribution < -0.4 is 20.8 Å². The van der Waals surface area contributed by atoms with E-state index in [0.717, 1.165) is 36.5 Å². The zero-order valence-corrected chi connectivity index (χ0v) is 21.1. The average molecular weight is 478 g/mol. The Labute approximate surface area is 207 Å². The number of nitrogens with one attached hydrogen (secondary N) is 3. The Hall–Kier alpha value is -3.72. The molecular weight excluding hydrogens is 442 g/mol. The molecule has 35 heavy (non-hydrogen) atoms. The van der Waals surface area contributed by atoms with Crippen molar-refractivity contribution in [3.8, 4) is 5.88 Å². The quantitative estimate of drug-likeness (QED) is 0.192. The van der Waals surface area contributed by atoms with Crippen LogP contribution in [0.15, 0.2) is 63.9 Å². The number of hydrazone groups is 1. The molecule has 3 N–H and O–H groups in total. The van der Waals surface area contributed by atoms with Crippen molar-refractivity contribution in [3.05, 3.63) is 76.8 Å². The Morgan fingerprint density at radius 1 is 1.17 bits per heavy atom. The van der Waals surface area contributed by atoms with Crippen molar-refractivity contribution in [2.24, 2.45) is 5.10 Å². The van der Waals surface area contributed by atoms with Crippen LogP contribution in [-0.4, -0.2) is 46.8 Å². The fraction of sp³-hybridized carbons (Fsp3) is 0.385. The molecule has 2 aromatic heterocycles. The average Bonchev–Trinajstić information content (AvgIpc) is 3.30. The van der Waals surface area contributed by atoms with Gasteiger partial charge in [-0.3, -0.25) is 5.43 Å². The molecule has 1 atom stereocenters. The van der Waals surface area contributed by atoms with Gasteiger partial charge in [-0.25, -0.2) is 0 Å². The second kappa shape index (κ2) is 13.2. The molecule has 0 spiro atoms. The van der Waals surface area contributed by atoms with Crippen molar-refractivity contribution >= 4 is 11.5 Å². The normalized spacial score (nSPS) is 12.9. The molecule has 2 heterocycles. The molecule has 0 aliphatic carbocycles. The number of benzene rings is 1. The van der Waals surface area contributed by atoms with Crippen LogP contribution >= 0.6 is 0 Å². The Bertz CT molecular complexity index is 1130. The van der Waals surface area contributed by atoms with E-state index >= 15 is 0 Å². The van der Waals surface area contributed by atoms with E-state index in [2.05, 4.69) is 67.7 Å². The zero-order valence-electron chi connectivity index (χ0n) is 21.1. The van der Waals surface area contributed by atoms with E-state index in [1.807, 2.05) is 52.0 Å².